The highest BCUT2D eigenvalue weighted by molar-refractivity contribution is 9.10. The second-order valence-electron chi connectivity index (χ2n) is 3.58. The highest BCUT2D eigenvalue weighted by atomic mass is 79.9. The van der Waals surface area contributed by atoms with Crippen molar-refractivity contribution in [1.29, 1.82) is 0 Å². The zero-order valence-corrected chi connectivity index (χ0v) is 13.1. The third-order valence-electron chi connectivity index (χ3n) is 2.34. The van der Waals surface area contributed by atoms with E-state index in [4.69, 9.17) is 4.74 Å². The Labute approximate surface area is 122 Å². The number of hydrogen-bond acceptors (Lipinski definition) is 2. The molecule has 0 aliphatic rings. The van der Waals surface area contributed by atoms with E-state index in [0.29, 0.717) is 6.61 Å². The van der Waals surface area contributed by atoms with Gasteiger partial charge in [-0.2, -0.15) is 0 Å². The van der Waals surface area contributed by atoms with E-state index in [1.54, 1.807) is 11.3 Å². The highest BCUT2D eigenvalue weighted by Crippen LogP contribution is 2.27. The molecule has 1 aromatic heterocycles. The molecule has 1 aromatic carbocycles. The van der Waals surface area contributed by atoms with Crippen molar-refractivity contribution in [3.63, 3.8) is 0 Å². The van der Waals surface area contributed by atoms with Gasteiger partial charge in [0.25, 0.3) is 0 Å². The van der Waals surface area contributed by atoms with Crippen molar-refractivity contribution in [3.8, 4) is 5.75 Å². The molecular weight excluding hydrogens is 364 g/mol. The summed E-state index contributed by atoms with van der Waals surface area (Å²) in [6.07, 6.45) is 0.963. The molecule has 0 fully saturated rings. The van der Waals surface area contributed by atoms with Crippen LogP contribution in [0.15, 0.2) is 40.2 Å². The molecule has 0 atom stereocenters. The summed E-state index contributed by atoms with van der Waals surface area (Å²) in [7, 11) is 0. The molecule has 2 rings (SSSR count). The van der Waals surface area contributed by atoms with Crippen LogP contribution in [-0.4, -0.2) is 6.61 Å². The lowest BCUT2D eigenvalue weighted by Crippen LogP contribution is -2.00. The van der Waals surface area contributed by atoms with Gasteiger partial charge in [0.2, 0.25) is 0 Å². The normalized spacial score (nSPS) is 10.5. The first kappa shape index (κ1) is 13.1. The van der Waals surface area contributed by atoms with Gasteiger partial charge in [-0.1, -0.05) is 28.1 Å². The van der Waals surface area contributed by atoms with Crippen molar-refractivity contribution in [2.45, 2.75) is 11.8 Å². The Balaban J connectivity index is 1.90. The van der Waals surface area contributed by atoms with Crippen molar-refractivity contribution in [1.82, 2.24) is 0 Å². The van der Waals surface area contributed by atoms with Crippen LogP contribution in [0.5, 0.6) is 5.75 Å². The molecule has 0 spiro atoms. The van der Waals surface area contributed by atoms with Crippen molar-refractivity contribution in [2.75, 3.05) is 6.61 Å². The molecule has 1 nitrogen and oxygen atoms in total. The fourth-order valence-electron chi connectivity index (χ4n) is 1.46. The minimum Gasteiger partial charge on any atom is -0.492 e. The lowest BCUT2D eigenvalue weighted by atomic mass is 10.2. The number of halogens is 2. The van der Waals surface area contributed by atoms with E-state index < -0.39 is 0 Å². The van der Waals surface area contributed by atoms with E-state index in [1.165, 1.54) is 10.4 Å². The predicted octanol–water partition coefficient (Wildman–Crippen LogP) is 5.03. The van der Waals surface area contributed by atoms with Gasteiger partial charge in [0, 0.05) is 16.6 Å². The molecule has 0 aliphatic heterocycles. The molecule has 0 N–H and O–H groups in total. The molecule has 1 heterocycles. The van der Waals surface area contributed by atoms with Gasteiger partial charge >= 0.3 is 0 Å². The second-order valence-corrected chi connectivity index (χ2v) is 6.02. The summed E-state index contributed by atoms with van der Waals surface area (Å²) in [5.41, 5.74) is 1.24. The van der Waals surface area contributed by atoms with Crippen molar-refractivity contribution < 1.29 is 4.74 Å². The molecule has 0 saturated carbocycles. The van der Waals surface area contributed by atoms with Crippen LogP contribution in [0, 0.1) is 0 Å². The molecule has 0 aliphatic carbocycles. The lowest BCUT2D eigenvalue weighted by Gasteiger charge is -2.08. The molecule has 0 amide bonds. The topological polar surface area (TPSA) is 9.23 Å². The van der Waals surface area contributed by atoms with Gasteiger partial charge in [-0.25, -0.2) is 0 Å². The first-order chi connectivity index (χ1) is 8.29. The molecule has 17 heavy (non-hydrogen) atoms. The molecule has 0 saturated heterocycles. The minimum atomic E-state index is 0.715. The zero-order chi connectivity index (χ0) is 12.1. The van der Waals surface area contributed by atoms with Crippen LogP contribution >= 0.6 is 43.2 Å². The van der Waals surface area contributed by atoms with Gasteiger partial charge in [0.1, 0.15) is 5.75 Å². The van der Waals surface area contributed by atoms with Crippen LogP contribution in [-0.2, 0) is 11.8 Å². The van der Waals surface area contributed by atoms with Gasteiger partial charge < -0.3 is 4.74 Å². The number of thiophene rings is 1. The van der Waals surface area contributed by atoms with E-state index >= 15 is 0 Å². The zero-order valence-electron chi connectivity index (χ0n) is 9.16. The van der Waals surface area contributed by atoms with Crippen LogP contribution in [0.4, 0.5) is 0 Å². The van der Waals surface area contributed by atoms with E-state index in [1.807, 2.05) is 6.07 Å². The summed E-state index contributed by atoms with van der Waals surface area (Å²) < 4.78 is 6.77. The van der Waals surface area contributed by atoms with Gasteiger partial charge in [0.05, 0.1) is 11.1 Å². The van der Waals surface area contributed by atoms with Crippen LogP contribution in [0.1, 0.15) is 10.4 Å². The average Bonchev–Trinajstić information content (AvgIpc) is 2.84. The van der Waals surface area contributed by atoms with Crippen molar-refractivity contribution in [3.05, 3.63) is 50.6 Å². The average molecular weight is 376 g/mol. The number of hydrogen-bond donors (Lipinski definition) is 0. The van der Waals surface area contributed by atoms with Crippen molar-refractivity contribution >= 4 is 43.2 Å². The van der Waals surface area contributed by atoms with Crippen LogP contribution in [0.25, 0.3) is 0 Å². The molecule has 0 radical (unpaired) electrons. The Kier molecular flexibility index (Phi) is 5.07. The summed E-state index contributed by atoms with van der Waals surface area (Å²) >= 11 is 8.73. The number of alkyl halides is 1. The summed E-state index contributed by atoms with van der Waals surface area (Å²) in [6, 6.07) is 10.4. The maximum absolute atomic E-state index is 5.75. The number of ether oxygens (including phenoxy) is 1. The standard InChI is InChI=1S/C13H12Br2OS/c14-9-10-3-4-13(12(15)8-10)16-6-5-11-2-1-7-17-11/h1-4,7-8H,5-6,9H2. The smallest absolute Gasteiger partial charge is 0.133 e. The van der Waals surface area contributed by atoms with E-state index in [2.05, 4.69) is 61.5 Å². The van der Waals surface area contributed by atoms with Gasteiger partial charge in [-0.15, -0.1) is 11.3 Å². The maximum Gasteiger partial charge on any atom is 0.133 e. The van der Waals surface area contributed by atoms with Crippen LogP contribution in [0.3, 0.4) is 0 Å². The Bertz CT molecular complexity index is 468. The Morgan fingerprint density at radius 2 is 2.12 bits per heavy atom. The Hall–Kier alpha value is -0.320. The molecule has 2 aromatic rings. The predicted molar refractivity (Wildman–Crippen MR) is 80.3 cm³/mol. The highest BCUT2D eigenvalue weighted by Gasteiger charge is 2.02. The monoisotopic (exact) mass is 374 g/mol. The molecule has 90 valence electrons. The summed E-state index contributed by atoms with van der Waals surface area (Å²) in [6.45, 7) is 0.715. The van der Waals surface area contributed by atoms with Crippen molar-refractivity contribution in [2.24, 2.45) is 0 Å². The van der Waals surface area contributed by atoms with Gasteiger partial charge in [0.15, 0.2) is 0 Å². The van der Waals surface area contributed by atoms with E-state index in [9.17, 15) is 0 Å². The molecule has 0 unspecified atom stereocenters. The van der Waals surface area contributed by atoms with Gasteiger partial charge in [-0.3, -0.25) is 0 Å². The summed E-state index contributed by atoms with van der Waals surface area (Å²) in [4.78, 5) is 1.36. The quantitative estimate of drug-likeness (QED) is 0.666. The number of rotatable bonds is 5. The van der Waals surface area contributed by atoms with Crippen LogP contribution < -0.4 is 4.74 Å². The third kappa shape index (κ3) is 3.83. The lowest BCUT2D eigenvalue weighted by molar-refractivity contribution is 0.321. The summed E-state index contributed by atoms with van der Waals surface area (Å²) in [5.74, 6) is 0.909. The first-order valence-electron chi connectivity index (χ1n) is 5.29. The Morgan fingerprint density at radius 3 is 2.76 bits per heavy atom. The molecule has 0 bridgehead atoms. The SMILES string of the molecule is BrCc1ccc(OCCc2cccs2)c(Br)c1. The summed E-state index contributed by atoms with van der Waals surface area (Å²) in [5, 5.41) is 2.96. The number of benzene rings is 1. The maximum atomic E-state index is 5.75. The largest absolute Gasteiger partial charge is 0.492 e. The van der Waals surface area contributed by atoms with Gasteiger partial charge in [-0.05, 0) is 45.1 Å². The minimum absolute atomic E-state index is 0.715. The first-order valence-corrected chi connectivity index (χ1v) is 8.08. The molecule has 4 heteroatoms. The van der Waals surface area contributed by atoms with E-state index in [-0.39, 0.29) is 0 Å². The van der Waals surface area contributed by atoms with E-state index in [0.717, 1.165) is 22.0 Å². The van der Waals surface area contributed by atoms with Crippen LogP contribution in [0.2, 0.25) is 0 Å². The molecular formula is C13H12Br2OS. The third-order valence-corrected chi connectivity index (χ3v) is 4.54. The fourth-order valence-corrected chi connectivity index (χ4v) is 3.04. The second kappa shape index (κ2) is 6.57. The Morgan fingerprint density at radius 1 is 1.24 bits per heavy atom. The fraction of sp³-hybridized carbons (Fsp3) is 0.231.